The number of nitrogens with one attached hydrogen (secondary N) is 1. The minimum atomic E-state index is -1.02. The number of hydrogen-bond donors (Lipinski definition) is 2. The molecule has 0 bridgehead atoms. The second-order valence-corrected chi connectivity index (χ2v) is 5.47. The number of rotatable bonds is 8. The molecule has 7 heteroatoms. The molecule has 138 valence electrons. The van der Waals surface area contributed by atoms with Crippen molar-refractivity contribution in [2.24, 2.45) is 0 Å². The van der Waals surface area contributed by atoms with E-state index in [1.165, 1.54) is 14.2 Å². The van der Waals surface area contributed by atoms with Crippen LogP contribution in [0.1, 0.15) is 28.4 Å². The van der Waals surface area contributed by atoms with Gasteiger partial charge in [-0.25, -0.2) is 0 Å². The molecule has 2 aromatic rings. The molecule has 7 nitrogen and oxygen atoms in total. The largest absolute Gasteiger partial charge is 0.497 e. The first kappa shape index (κ1) is 19.1. The summed E-state index contributed by atoms with van der Waals surface area (Å²) in [6.07, 6.45) is -0.245. The van der Waals surface area contributed by atoms with Gasteiger partial charge in [-0.1, -0.05) is 12.1 Å². The maximum atomic E-state index is 12.6. The Morgan fingerprint density at radius 2 is 1.62 bits per heavy atom. The zero-order chi connectivity index (χ0) is 19.1. The van der Waals surface area contributed by atoms with E-state index in [-0.39, 0.29) is 6.42 Å². The van der Waals surface area contributed by atoms with E-state index in [4.69, 9.17) is 19.3 Å². The summed E-state index contributed by atoms with van der Waals surface area (Å²) in [5.74, 6) is 0.140. The van der Waals surface area contributed by atoms with Crippen LogP contribution in [0.3, 0.4) is 0 Å². The maximum absolute atomic E-state index is 12.6. The summed E-state index contributed by atoms with van der Waals surface area (Å²) in [5, 5.41) is 11.9. The van der Waals surface area contributed by atoms with Gasteiger partial charge in [-0.15, -0.1) is 0 Å². The van der Waals surface area contributed by atoms with E-state index in [9.17, 15) is 9.59 Å². The van der Waals surface area contributed by atoms with E-state index in [1.807, 2.05) is 0 Å². The van der Waals surface area contributed by atoms with Crippen LogP contribution in [0.2, 0.25) is 0 Å². The molecule has 0 heterocycles. The lowest BCUT2D eigenvalue weighted by atomic mass is 10.0. The van der Waals surface area contributed by atoms with Gasteiger partial charge in [0.25, 0.3) is 5.91 Å². The molecule has 0 saturated heterocycles. The number of carbonyl (C=O) groups is 2. The third-order valence-corrected chi connectivity index (χ3v) is 3.85. The number of carbonyl (C=O) groups excluding carboxylic acids is 1. The summed E-state index contributed by atoms with van der Waals surface area (Å²) in [4.78, 5) is 23.8. The van der Waals surface area contributed by atoms with Gasteiger partial charge in [0.2, 0.25) is 0 Å². The monoisotopic (exact) mass is 359 g/mol. The van der Waals surface area contributed by atoms with Gasteiger partial charge in [0, 0.05) is 5.56 Å². The van der Waals surface area contributed by atoms with Gasteiger partial charge in [-0.05, 0) is 35.9 Å². The SMILES string of the molecule is COc1ccc(C(CC(=O)O)NC(=O)c2ccc(OC)c(OC)c2)cc1. The highest BCUT2D eigenvalue weighted by Crippen LogP contribution is 2.28. The van der Waals surface area contributed by atoms with Crippen molar-refractivity contribution in [1.82, 2.24) is 5.32 Å². The Hall–Kier alpha value is -3.22. The fraction of sp³-hybridized carbons (Fsp3) is 0.263. The lowest BCUT2D eigenvalue weighted by Gasteiger charge is -2.18. The number of amides is 1. The van der Waals surface area contributed by atoms with E-state index in [1.54, 1.807) is 49.6 Å². The molecule has 0 saturated carbocycles. The minimum absolute atomic E-state index is 0.245. The molecule has 2 rings (SSSR count). The average molecular weight is 359 g/mol. The molecular formula is C19H21NO6. The van der Waals surface area contributed by atoms with Crippen LogP contribution >= 0.6 is 0 Å². The highest BCUT2D eigenvalue weighted by molar-refractivity contribution is 5.95. The molecule has 0 spiro atoms. The topological polar surface area (TPSA) is 94.1 Å². The molecule has 0 aromatic heterocycles. The van der Waals surface area contributed by atoms with Gasteiger partial charge in [0.15, 0.2) is 11.5 Å². The van der Waals surface area contributed by atoms with E-state index in [0.717, 1.165) is 0 Å². The molecule has 26 heavy (non-hydrogen) atoms. The van der Waals surface area contributed by atoms with Gasteiger partial charge in [-0.2, -0.15) is 0 Å². The second kappa shape index (κ2) is 8.75. The van der Waals surface area contributed by atoms with Gasteiger partial charge in [-0.3, -0.25) is 9.59 Å². The van der Waals surface area contributed by atoms with Crippen LogP contribution in [-0.4, -0.2) is 38.3 Å². The van der Waals surface area contributed by atoms with Crippen LogP contribution < -0.4 is 19.5 Å². The van der Waals surface area contributed by atoms with E-state index >= 15 is 0 Å². The van der Waals surface area contributed by atoms with Gasteiger partial charge >= 0.3 is 5.97 Å². The van der Waals surface area contributed by atoms with Crippen LogP contribution in [0.25, 0.3) is 0 Å². The number of carboxylic acid groups (broad SMARTS) is 1. The van der Waals surface area contributed by atoms with Crippen molar-refractivity contribution < 1.29 is 28.9 Å². The molecule has 0 aliphatic heterocycles. The molecular weight excluding hydrogens is 338 g/mol. The number of methoxy groups -OCH3 is 3. The Morgan fingerprint density at radius 3 is 2.15 bits per heavy atom. The fourth-order valence-electron chi connectivity index (χ4n) is 2.48. The van der Waals surface area contributed by atoms with Crippen molar-refractivity contribution in [3.05, 3.63) is 53.6 Å². The number of benzene rings is 2. The quantitative estimate of drug-likeness (QED) is 0.753. The third-order valence-electron chi connectivity index (χ3n) is 3.85. The van der Waals surface area contributed by atoms with Crippen LogP contribution in [0.5, 0.6) is 17.2 Å². The number of ether oxygens (including phenoxy) is 3. The van der Waals surface area contributed by atoms with E-state index < -0.39 is 17.9 Å². The zero-order valence-corrected chi connectivity index (χ0v) is 14.8. The highest BCUT2D eigenvalue weighted by atomic mass is 16.5. The molecule has 0 radical (unpaired) electrons. The van der Waals surface area contributed by atoms with Crippen molar-refractivity contribution in [3.63, 3.8) is 0 Å². The Morgan fingerprint density at radius 1 is 0.962 bits per heavy atom. The first-order chi connectivity index (χ1) is 12.5. The molecule has 1 unspecified atom stereocenters. The summed E-state index contributed by atoms with van der Waals surface area (Å²) >= 11 is 0. The number of hydrogen-bond acceptors (Lipinski definition) is 5. The Labute approximate surface area is 151 Å². The van der Waals surface area contributed by atoms with E-state index in [0.29, 0.717) is 28.4 Å². The van der Waals surface area contributed by atoms with Crippen molar-refractivity contribution >= 4 is 11.9 Å². The Kier molecular flexibility index (Phi) is 6.43. The molecule has 0 fully saturated rings. The summed E-state index contributed by atoms with van der Waals surface area (Å²) < 4.78 is 15.4. The smallest absolute Gasteiger partial charge is 0.305 e. The third kappa shape index (κ3) is 4.66. The van der Waals surface area contributed by atoms with Crippen molar-refractivity contribution in [3.8, 4) is 17.2 Å². The maximum Gasteiger partial charge on any atom is 0.305 e. The molecule has 0 aliphatic rings. The van der Waals surface area contributed by atoms with Crippen LogP contribution in [0, 0.1) is 0 Å². The summed E-state index contributed by atoms with van der Waals surface area (Å²) in [5.41, 5.74) is 1.01. The summed E-state index contributed by atoms with van der Waals surface area (Å²) in [6, 6.07) is 10.9. The molecule has 2 aromatic carbocycles. The van der Waals surface area contributed by atoms with E-state index in [2.05, 4.69) is 5.32 Å². The van der Waals surface area contributed by atoms with Crippen molar-refractivity contribution in [2.45, 2.75) is 12.5 Å². The number of aliphatic carboxylic acids is 1. The van der Waals surface area contributed by atoms with Gasteiger partial charge in [0.05, 0.1) is 33.8 Å². The lowest BCUT2D eigenvalue weighted by Crippen LogP contribution is -2.30. The van der Waals surface area contributed by atoms with Gasteiger partial charge in [0.1, 0.15) is 5.75 Å². The molecule has 0 aliphatic carbocycles. The Bertz CT molecular complexity index is 772. The summed E-state index contributed by atoms with van der Waals surface area (Å²) in [7, 11) is 4.52. The summed E-state index contributed by atoms with van der Waals surface area (Å²) in [6.45, 7) is 0. The Balaban J connectivity index is 2.24. The normalized spacial score (nSPS) is 11.3. The standard InChI is InChI=1S/C19H21NO6/c1-24-14-7-4-12(5-8-14)15(11-18(21)22)20-19(23)13-6-9-16(25-2)17(10-13)26-3/h4-10,15H,11H2,1-3H3,(H,20,23)(H,21,22). The average Bonchev–Trinajstić information content (AvgIpc) is 2.66. The first-order valence-corrected chi connectivity index (χ1v) is 7.87. The lowest BCUT2D eigenvalue weighted by molar-refractivity contribution is -0.137. The van der Waals surface area contributed by atoms with Crippen molar-refractivity contribution in [1.29, 1.82) is 0 Å². The predicted octanol–water partition coefficient (Wildman–Crippen LogP) is 2.66. The fourth-order valence-corrected chi connectivity index (χ4v) is 2.48. The minimum Gasteiger partial charge on any atom is -0.497 e. The molecule has 2 N–H and O–H groups in total. The zero-order valence-electron chi connectivity index (χ0n) is 14.8. The van der Waals surface area contributed by atoms with Gasteiger partial charge < -0.3 is 24.6 Å². The first-order valence-electron chi connectivity index (χ1n) is 7.87. The van der Waals surface area contributed by atoms with Crippen LogP contribution in [0.15, 0.2) is 42.5 Å². The predicted molar refractivity (Wildman–Crippen MR) is 95.0 cm³/mol. The molecule has 1 amide bonds. The highest BCUT2D eigenvalue weighted by Gasteiger charge is 2.20. The van der Waals surface area contributed by atoms with Crippen LogP contribution in [0.4, 0.5) is 0 Å². The van der Waals surface area contributed by atoms with Crippen LogP contribution in [-0.2, 0) is 4.79 Å². The van der Waals surface area contributed by atoms with Crippen molar-refractivity contribution in [2.75, 3.05) is 21.3 Å². The number of carboxylic acids is 1. The molecule has 1 atom stereocenters. The second-order valence-electron chi connectivity index (χ2n) is 5.47.